The van der Waals surface area contributed by atoms with Gasteiger partial charge in [0.15, 0.2) is 11.6 Å². The molecule has 0 radical (unpaired) electrons. The lowest BCUT2D eigenvalue weighted by Gasteiger charge is -2.19. The molecule has 0 aromatic heterocycles. The van der Waals surface area contributed by atoms with Gasteiger partial charge in [-0.1, -0.05) is 48.5 Å². The van der Waals surface area contributed by atoms with Crippen LogP contribution in [0.3, 0.4) is 0 Å². The summed E-state index contributed by atoms with van der Waals surface area (Å²) in [6, 6.07) is 14.1. The lowest BCUT2D eigenvalue weighted by Crippen LogP contribution is -2.31. The van der Waals surface area contributed by atoms with Crippen molar-refractivity contribution >= 4 is 11.6 Å². The molecule has 0 fully saturated rings. The van der Waals surface area contributed by atoms with E-state index in [2.05, 4.69) is 0 Å². The summed E-state index contributed by atoms with van der Waals surface area (Å²) < 4.78 is 23.2. The highest BCUT2D eigenvalue weighted by Crippen LogP contribution is 2.20. The van der Waals surface area contributed by atoms with Crippen LogP contribution in [0.25, 0.3) is 0 Å². The van der Waals surface area contributed by atoms with Crippen molar-refractivity contribution < 1.29 is 38.7 Å². The zero-order chi connectivity index (χ0) is 29.2. The third-order valence-corrected chi connectivity index (χ3v) is 6.06. The first kappa shape index (κ1) is 32.8. The third kappa shape index (κ3) is 11.3. The first-order chi connectivity index (χ1) is 18.2. The molecule has 3 atom stereocenters. The average Bonchev–Trinajstić information content (AvgIpc) is 2.88. The van der Waals surface area contributed by atoms with E-state index in [1.54, 1.807) is 24.3 Å². The highest BCUT2D eigenvalue weighted by Gasteiger charge is 2.26. The van der Waals surface area contributed by atoms with Crippen molar-refractivity contribution in [1.29, 1.82) is 0 Å². The average molecular weight is 545 g/mol. The summed E-state index contributed by atoms with van der Waals surface area (Å²) in [5, 5.41) is 19.7. The monoisotopic (exact) mass is 544 g/mol. The van der Waals surface area contributed by atoms with E-state index < -0.39 is 11.2 Å². The van der Waals surface area contributed by atoms with Crippen LogP contribution in [0.2, 0.25) is 0 Å². The second-order valence-electron chi connectivity index (χ2n) is 10.9. The van der Waals surface area contributed by atoms with E-state index in [-0.39, 0.29) is 29.9 Å². The van der Waals surface area contributed by atoms with Crippen molar-refractivity contribution in [1.82, 2.24) is 0 Å². The second-order valence-corrected chi connectivity index (χ2v) is 10.9. The molecular weight excluding hydrogens is 500 g/mol. The summed E-state index contributed by atoms with van der Waals surface area (Å²) >= 11 is 0. The van der Waals surface area contributed by atoms with Gasteiger partial charge in [-0.3, -0.25) is 9.59 Å². The quantitative estimate of drug-likeness (QED) is 0.218. The molecule has 0 aliphatic heterocycles. The Bertz CT molecular complexity index is 1030. The SMILES string of the molecule is CC(COCC(C)OCc1ccc(C(=O)C(C)(C)O)cc1)OCCOC(C)c1ccc(C(=O)C(C)(C)O)cc1. The van der Waals surface area contributed by atoms with Gasteiger partial charge in [0.05, 0.1) is 51.3 Å². The minimum absolute atomic E-state index is 0.107. The van der Waals surface area contributed by atoms with Crippen molar-refractivity contribution in [2.24, 2.45) is 0 Å². The van der Waals surface area contributed by atoms with E-state index in [1.165, 1.54) is 27.7 Å². The largest absolute Gasteiger partial charge is 0.382 e. The molecule has 216 valence electrons. The molecule has 2 aromatic rings. The molecule has 8 nitrogen and oxygen atoms in total. The number of carbonyl (C=O) groups is 2. The molecular formula is C31H44O8. The van der Waals surface area contributed by atoms with Gasteiger partial charge in [0, 0.05) is 11.1 Å². The number of Topliss-reactive ketones (excluding diaryl/α,β-unsaturated/α-hetero) is 2. The van der Waals surface area contributed by atoms with Crippen LogP contribution in [0.1, 0.15) is 86.4 Å². The number of aliphatic hydroxyl groups is 2. The normalized spacial score (nSPS) is 14.6. The zero-order valence-electron chi connectivity index (χ0n) is 24.2. The van der Waals surface area contributed by atoms with Crippen LogP contribution in [0.15, 0.2) is 48.5 Å². The molecule has 0 saturated carbocycles. The predicted molar refractivity (Wildman–Crippen MR) is 149 cm³/mol. The minimum Gasteiger partial charge on any atom is -0.382 e. The molecule has 0 aliphatic carbocycles. The summed E-state index contributed by atoms with van der Waals surface area (Å²) in [4.78, 5) is 24.3. The maximum Gasteiger partial charge on any atom is 0.193 e. The number of ether oxygens (including phenoxy) is 4. The van der Waals surface area contributed by atoms with Gasteiger partial charge in [-0.05, 0) is 59.6 Å². The van der Waals surface area contributed by atoms with Crippen LogP contribution in [-0.2, 0) is 25.6 Å². The minimum atomic E-state index is -1.40. The van der Waals surface area contributed by atoms with Crippen LogP contribution in [0.5, 0.6) is 0 Å². The Labute approximate surface area is 232 Å². The van der Waals surface area contributed by atoms with Crippen LogP contribution in [0.4, 0.5) is 0 Å². The molecule has 2 rings (SSSR count). The first-order valence-electron chi connectivity index (χ1n) is 13.3. The molecule has 8 heteroatoms. The number of ketones is 2. The summed E-state index contributed by atoms with van der Waals surface area (Å²) in [6.07, 6.45) is -0.393. The second kappa shape index (κ2) is 14.8. The Hall–Kier alpha value is -2.46. The van der Waals surface area contributed by atoms with Crippen molar-refractivity contribution in [2.75, 3.05) is 26.4 Å². The highest BCUT2D eigenvalue weighted by atomic mass is 16.6. The molecule has 2 N–H and O–H groups in total. The van der Waals surface area contributed by atoms with E-state index in [1.807, 2.05) is 45.0 Å². The summed E-state index contributed by atoms with van der Waals surface area (Å²) in [7, 11) is 0. The number of benzene rings is 2. The van der Waals surface area contributed by atoms with Crippen molar-refractivity contribution in [3.63, 3.8) is 0 Å². The number of hydrogen-bond donors (Lipinski definition) is 2. The lowest BCUT2D eigenvalue weighted by atomic mass is 9.95. The van der Waals surface area contributed by atoms with Gasteiger partial charge in [0.1, 0.15) is 11.2 Å². The number of hydrogen-bond acceptors (Lipinski definition) is 8. The number of rotatable bonds is 17. The Balaban J connectivity index is 1.60. The molecule has 0 spiro atoms. The standard InChI is InChI=1S/C31H44O8/c1-21(37-16-17-38-23(3)25-12-14-27(15-13-25)29(33)31(6,7)35)18-36-19-22(2)39-20-24-8-10-26(11-9-24)28(32)30(4,5)34/h8-15,21-23,34-35H,16-20H2,1-7H3. The fourth-order valence-corrected chi connectivity index (χ4v) is 3.67. The fraction of sp³-hybridized carbons (Fsp3) is 0.548. The molecule has 0 bridgehead atoms. The van der Waals surface area contributed by atoms with Crippen LogP contribution in [0, 0.1) is 0 Å². The van der Waals surface area contributed by atoms with Crippen molar-refractivity contribution in [3.8, 4) is 0 Å². The van der Waals surface area contributed by atoms with Gasteiger partial charge < -0.3 is 29.2 Å². The first-order valence-corrected chi connectivity index (χ1v) is 13.3. The molecule has 0 aliphatic rings. The van der Waals surface area contributed by atoms with Gasteiger partial charge in [-0.25, -0.2) is 0 Å². The highest BCUT2D eigenvalue weighted by molar-refractivity contribution is 6.02. The maximum atomic E-state index is 12.1. The topological polar surface area (TPSA) is 112 Å². The molecule has 2 aromatic carbocycles. The molecule has 3 unspecified atom stereocenters. The van der Waals surface area contributed by atoms with Crippen molar-refractivity contribution in [3.05, 3.63) is 70.8 Å². The summed E-state index contributed by atoms with van der Waals surface area (Å²) in [5.41, 5.74) is -0.00440. The smallest absolute Gasteiger partial charge is 0.193 e. The van der Waals surface area contributed by atoms with Crippen LogP contribution < -0.4 is 0 Å². The van der Waals surface area contributed by atoms with Gasteiger partial charge >= 0.3 is 0 Å². The fourth-order valence-electron chi connectivity index (χ4n) is 3.67. The van der Waals surface area contributed by atoms with E-state index in [0.29, 0.717) is 44.2 Å². The molecule has 0 amide bonds. The zero-order valence-corrected chi connectivity index (χ0v) is 24.2. The van der Waals surface area contributed by atoms with E-state index >= 15 is 0 Å². The number of carbonyl (C=O) groups excluding carboxylic acids is 2. The van der Waals surface area contributed by atoms with Gasteiger partial charge in [-0.15, -0.1) is 0 Å². The Morgan fingerprint density at radius 2 is 1.13 bits per heavy atom. The van der Waals surface area contributed by atoms with Crippen LogP contribution in [-0.4, -0.2) is 71.6 Å². The molecule has 0 saturated heterocycles. The molecule has 0 heterocycles. The lowest BCUT2D eigenvalue weighted by molar-refractivity contribution is -0.0645. The van der Waals surface area contributed by atoms with Gasteiger partial charge in [0.2, 0.25) is 0 Å². The van der Waals surface area contributed by atoms with Gasteiger partial charge in [-0.2, -0.15) is 0 Å². The summed E-state index contributed by atoms with van der Waals surface area (Å²) in [5.74, 6) is -0.637. The van der Waals surface area contributed by atoms with E-state index in [9.17, 15) is 19.8 Å². The summed E-state index contributed by atoms with van der Waals surface area (Å²) in [6.45, 7) is 13.8. The Morgan fingerprint density at radius 1 is 0.692 bits per heavy atom. The van der Waals surface area contributed by atoms with Crippen LogP contribution >= 0.6 is 0 Å². The Kier molecular flexibility index (Phi) is 12.4. The van der Waals surface area contributed by atoms with E-state index in [0.717, 1.165) is 11.1 Å². The third-order valence-electron chi connectivity index (χ3n) is 6.06. The predicted octanol–water partition coefficient (Wildman–Crippen LogP) is 4.70. The van der Waals surface area contributed by atoms with Gasteiger partial charge in [0.25, 0.3) is 0 Å². The molecule has 39 heavy (non-hydrogen) atoms. The van der Waals surface area contributed by atoms with E-state index in [4.69, 9.17) is 18.9 Å². The maximum absolute atomic E-state index is 12.1. The van der Waals surface area contributed by atoms with Crippen molar-refractivity contribution in [2.45, 2.75) is 84.6 Å². The Morgan fingerprint density at radius 3 is 1.62 bits per heavy atom.